The average molecular weight is 659 g/mol. The van der Waals surface area contributed by atoms with Gasteiger partial charge in [-0.05, 0) is 102 Å². The van der Waals surface area contributed by atoms with Gasteiger partial charge in [-0.2, -0.15) is 5.10 Å². The van der Waals surface area contributed by atoms with Gasteiger partial charge in [0.2, 0.25) is 0 Å². The Morgan fingerprint density at radius 3 is 2.16 bits per heavy atom. The van der Waals surface area contributed by atoms with Gasteiger partial charge in [-0.15, -0.1) is 0 Å². The number of halogens is 2. The van der Waals surface area contributed by atoms with Gasteiger partial charge in [0, 0.05) is 15.6 Å². The zero-order valence-corrected chi connectivity index (χ0v) is 26.6. The zero-order chi connectivity index (χ0) is 31.8. The number of nitrogens with zero attached hydrogens (tertiary/aromatic N) is 2. The Morgan fingerprint density at radius 1 is 0.822 bits per heavy atom. The quantitative estimate of drug-likeness (QED) is 0.115. The second-order valence-electron chi connectivity index (χ2n) is 10.1. The molecule has 0 bridgehead atoms. The highest BCUT2D eigenvalue weighted by Gasteiger charge is 2.26. The van der Waals surface area contributed by atoms with Crippen molar-refractivity contribution in [3.63, 3.8) is 0 Å². The average Bonchev–Trinajstić information content (AvgIpc) is 3.06. The molecule has 0 aliphatic rings. The molecule has 0 fully saturated rings. The first-order chi connectivity index (χ1) is 21.7. The standard InChI is InChI=1S/C35H29Cl2N3O4S/c1-25-7-16-31(37)21-34(25)40(45(42,43)33-5-3-2-4-6-33)23-27-8-14-29(15-9-27)35(41)39-38-22-26-12-19-32(20-13-26)44-24-28-10-17-30(36)18-11-28/h2-22H,23-24H2,1H3,(H,39,41). The molecule has 0 aliphatic carbocycles. The van der Waals surface area contributed by atoms with Gasteiger partial charge in [-0.1, -0.05) is 71.7 Å². The Morgan fingerprint density at radius 2 is 1.47 bits per heavy atom. The predicted molar refractivity (Wildman–Crippen MR) is 180 cm³/mol. The number of nitrogens with one attached hydrogen (secondary N) is 1. The van der Waals surface area contributed by atoms with E-state index in [9.17, 15) is 13.2 Å². The number of sulfonamides is 1. The molecule has 1 amide bonds. The summed E-state index contributed by atoms with van der Waals surface area (Å²) in [5.74, 6) is 0.298. The van der Waals surface area contributed by atoms with Crippen LogP contribution in [0.3, 0.4) is 0 Å². The number of rotatable bonds is 11. The summed E-state index contributed by atoms with van der Waals surface area (Å²) < 4.78 is 34.6. The lowest BCUT2D eigenvalue weighted by atomic mass is 10.1. The van der Waals surface area contributed by atoms with E-state index in [4.69, 9.17) is 27.9 Å². The SMILES string of the molecule is Cc1ccc(Cl)cc1N(Cc1ccc(C(=O)NN=Cc2ccc(OCc3ccc(Cl)cc3)cc2)cc1)S(=O)(=O)c1ccccc1. The highest BCUT2D eigenvalue weighted by Crippen LogP contribution is 2.31. The minimum absolute atomic E-state index is 0.0396. The molecule has 0 aromatic heterocycles. The van der Waals surface area contributed by atoms with E-state index in [1.165, 1.54) is 10.5 Å². The van der Waals surface area contributed by atoms with Crippen LogP contribution in [0.15, 0.2) is 131 Å². The summed E-state index contributed by atoms with van der Waals surface area (Å²) in [6.07, 6.45) is 1.54. The molecule has 10 heteroatoms. The predicted octanol–water partition coefficient (Wildman–Crippen LogP) is 8.04. The zero-order valence-electron chi connectivity index (χ0n) is 24.2. The van der Waals surface area contributed by atoms with Crippen LogP contribution in [0.25, 0.3) is 0 Å². The monoisotopic (exact) mass is 657 g/mol. The molecular weight excluding hydrogens is 629 g/mol. The number of ether oxygens (including phenoxy) is 1. The molecule has 228 valence electrons. The van der Waals surface area contributed by atoms with Crippen molar-refractivity contribution in [1.29, 1.82) is 0 Å². The summed E-state index contributed by atoms with van der Waals surface area (Å²) >= 11 is 12.2. The topological polar surface area (TPSA) is 88.1 Å². The Kier molecular flexibility index (Phi) is 10.2. The molecule has 0 spiro atoms. The van der Waals surface area contributed by atoms with Crippen molar-refractivity contribution in [2.45, 2.75) is 25.0 Å². The Hall–Kier alpha value is -4.63. The fraction of sp³-hybridized carbons (Fsp3) is 0.0857. The van der Waals surface area contributed by atoms with E-state index in [1.54, 1.807) is 72.8 Å². The summed E-state index contributed by atoms with van der Waals surface area (Å²) in [7, 11) is -3.91. The van der Waals surface area contributed by atoms with Crippen LogP contribution < -0.4 is 14.5 Å². The van der Waals surface area contributed by atoms with Crippen LogP contribution in [0.4, 0.5) is 5.69 Å². The van der Waals surface area contributed by atoms with Crippen LogP contribution in [0, 0.1) is 6.92 Å². The van der Waals surface area contributed by atoms with E-state index >= 15 is 0 Å². The van der Waals surface area contributed by atoms with Crippen molar-refractivity contribution >= 4 is 51.0 Å². The van der Waals surface area contributed by atoms with E-state index in [0.717, 1.165) is 16.7 Å². The lowest BCUT2D eigenvalue weighted by molar-refractivity contribution is 0.0955. The molecule has 1 N–H and O–H groups in total. The van der Waals surface area contributed by atoms with Crippen molar-refractivity contribution in [1.82, 2.24) is 5.43 Å². The summed E-state index contributed by atoms with van der Waals surface area (Å²) in [6.45, 7) is 2.29. The fourth-order valence-electron chi connectivity index (χ4n) is 4.43. The first-order valence-electron chi connectivity index (χ1n) is 13.9. The molecule has 0 atom stereocenters. The summed E-state index contributed by atoms with van der Waals surface area (Å²) in [5, 5.41) is 5.17. The highest BCUT2D eigenvalue weighted by molar-refractivity contribution is 7.92. The molecule has 0 saturated carbocycles. The van der Waals surface area contributed by atoms with Crippen molar-refractivity contribution < 1.29 is 17.9 Å². The number of anilines is 1. The van der Waals surface area contributed by atoms with E-state index in [0.29, 0.717) is 39.2 Å². The first-order valence-corrected chi connectivity index (χ1v) is 16.1. The van der Waals surface area contributed by atoms with E-state index in [-0.39, 0.29) is 11.4 Å². The normalized spacial score (nSPS) is 11.4. The minimum atomic E-state index is -3.91. The third-order valence-electron chi connectivity index (χ3n) is 6.89. The largest absolute Gasteiger partial charge is 0.489 e. The molecule has 0 aliphatic heterocycles. The lowest BCUT2D eigenvalue weighted by Crippen LogP contribution is -2.31. The number of hydrazone groups is 1. The van der Waals surface area contributed by atoms with Crippen LogP contribution in [-0.4, -0.2) is 20.5 Å². The second-order valence-corrected chi connectivity index (χ2v) is 12.9. The Balaban J connectivity index is 1.22. The molecular formula is C35H29Cl2N3O4S. The maximum atomic E-state index is 13.7. The molecule has 45 heavy (non-hydrogen) atoms. The first kappa shape index (κ1) is 31.8. The number of benzene rings is 5. The molecule has 0 saturated heterocycles. The number of amides is 1. The van der Waals surface area contributed by atoms with Crippen molar-refractivity contribution in [3.8, 4) is 5.75 Å². The van der Waals surface area contributed by atoms with Gasteiger partial charge < -0.3 is 4.74 Å². The van der Waals surface area contributed by atoms with Crippen molar-refractivity contribution in [3.05, 3.63) is 159 Å². The molecule has 7 nitrogen and oxygen atoms in total. The van der Waals surface area contributed by atoms with Gasteiger partial charge in [0.15, 0.2) is 0 Å². The van der Waals surface area contributed by atoms with Crippen LogP contribution >= 0.6 is 23.2 Å². The van der Waals surface area contributed by atoms with Gasteiger partial charge in [0.1, 0.15) is 12.4 Å². The van der Waals surface area contributed by atoms with Gasteiger partial charge in [0.05, 0.1) is 23.3 Å². The molecule has 5 rings (SSSR count). The van der Waals surface area contributed by atoms with E-state index < -0.39 is 15.9 Å². The smallest absolute Gasteiger partial charge is 0.271 e. The van der Waals surface area contributed by atoms with Gasteiger partial charge in [0.25, 0.3) is 15.9 Å². The number of hydrogen-bond donors (Lipinski definition) is 1. The number of aryl methyl sites for hydroxylation is 1. The minimum Gasteiger partial charge on any atom is -0.489 e. The van der Waals surface area contributed by atoms with Gasteiger partial charge in [-0.3, -0.25) is 9.10 Å². The maximum absolute atomic E-state index is 13.7. The van der Waals surface area contributed by atoms with Gasteiger partial charge in [-0.25, -0.2) is 13.8 Å². The van der Waals surface area contributed by atoms with E-state index in [2.05, 4.69) is 10.5 Å². The molecule has 5 aromatic rings. The fourth-order valence-corrected chi connectivity index (χ4v) is 6.25. The number of carbonyl (C=O) groups excluding carboxylic acids is 1. The molecule has 0 unspecified atom stereocenters. The summed E-state index contributed by atoms with van der Waals surface area (Å²) in [5.41, 5.74) is 6.60. The third kappa shape index (κ3) is 8.30. The summed E-state index contributed by atoms with van der Waals surface area (Å²) in [6, 6.07) is 34.8. The van der Waals surface area contributed by atoms with Crippen LogP contribution in [0.1, 0.15) is 32.6 Å². The second kappa shape index (κ2) is 14.4. The van der Waals surface area contributed by atoms with Crippen molar-refractivity contribution in [2.75, 3.05) is 4.31 Å². The molecule has 0 radical (unpaired) electrons. The van der Waals surface area contributed by atoms with Crippen LogP contribution in [0.5, 0.6) is 5.75 Å². The van der Waals surface area contributed by atoms with Crippen LogP contribution in [-0.2, 0) is 23.2 Å². The maximum Gasteiger partial charge on any atom is 0.271 e. The lowest BCUT2D eigenvalue weighted by Gasteiger charge is -2.26. The highest BCUT2D eigenvalue weighted by atomic mass is 35.5. The third-order valence-corrected chi connectivity index (χ3v) is 9.15. The number of carbonyl (C=O) groups is 1. The molecule has 0 heterocycles. The summed E-state index contributed by atoms with van der Waals surface area (Å²) in [4.78, 5) is 12.9. The van der Waals surface area contributed by atoms with E-state index in [1.807, 2.05) is 55.5 Å². The van der Waals surface area contributed by atoms with Crippen LogP contribution in [0.2, 0.25) is 10.0 Å². The molecule has 5 aromatic carbocycles. The number of hydrogen-bond acceptors (Lipinski definition) is 5. The Labute approximate surface area is 272 Å². The van der Waals surface area contributed by atoms with Gasteiger partial charge >= 0.3 is 0 Å². The Bertz CT molecular complexity index is 1900. The van der Waals surface area contributed by atoms with Crippen molar-refractivity contribution in [2.24, 2.45) is 5.10 Å².